The minimum absolute atomic E-state index is 0.0896. The first kappa shape index (κ1) is 14.7. The van der Waals surface area contributed by atoms with Gasteiger partial charge in [-0.25, -0.2) is 0 Å². The summed E-state index contributed by atoms with van der Waals surface area (Å²) in [5.74, 6) is -0.0896. The van der Waals surface area contributed by atoms with Crippen LogP contribution in [0, 0.1) is 0 Å². The number of hydrogen-bond acceptors (Lipinski definition) is 3. The molecule has 1 rings (SSSR count). The van der Waals surface area contributed by atoms with Gasteiger partial charge in [0.1, 0.15) is 0 Å². The second-order valence-corrected chi connectivity index (χ2v) is 4.97. The molecule has 18 heavy (non-hydrogen) atoms. The van der Waals surface area contributed by atoms with Crippen molar-refractivity contribution in [3.05, 3.63) is 35.9 Å². The number of carbonyl (C=O) groups is 1. The highest BCUT2D eigenvalue weighted by atomic mass is 16.2. The predicted octanol–water partition coefficient (Wildman–Crippen LogP) is 0.623. The number of carbonyl (C=O) groups excluding carboxylic acids is 1. The smallest absolute Gasteiger partial charge is 0.237 e. The van der Waals surface area contributed by atoms with Crippen molar-refractivity contribution >= 4 is 5.91 Å². The zero-order chi connectivity index (χ0) is 13.5. The zero-order valence-electron chi connectivity index (χ0n) is 11.4. The van der Waals surface area contributed by atoms with Crippen LogP contribution in [0.5, 0.6) is 0 Å². The summed E-state index contributed by atoms with van der Waals surface area (Å²) in [6, 6.07) is 9.44. The number of benzene rings is 1. The van der Waals surface area contributed by atoms with E-state index in [1.165, 1.54) is 0 Å². The molecule has 0 heterocycles. The maximum atomic E-state index is 11.9. The van der Waals surface area contributed by atoms with Crippen molar-refractivity contribution in [2.24, 2.45) is 5.73 Å². The van der Waals surface area contributed by atoms with Crippen LogP contribution in [0.15, 0.2) is 30.3 Å². The van der Waals surface area contributed by atoms with Crippen molar-refractivity contribution in [3.63, 3.8) is 0 Å². The minimum atomic E-state index is -0.489. The van der Waals surface area contributed by atoms with Gasteiger partial charge in [0.25, 0.3) is 0 Å². The molecular weight excluding hydrogens is 226 g/mol. The Hall–Kier alpha value is -1.39. The van der Waals surface area contributed by atoms with Crippen molar-refractivity contribution in [2.75, 3.05) is 20.6 Å². The summed E-state index contributed by atoms with van der Waals surface area (Å²) in [4.78, 5) is 13.9. The Balaban J connectivity index is 2.42. The van der Waals surface area contributed by atoms with Gasteiger partial charge in [0.05, 0.1) is 6.04 Å². The van der Waals surface area contributed by atoms with Gasteiger partial charge >= 0.3 is 0 Å². The summed E-state index contributed by atoms with van der Waals surface area (Å²) in [6.45, 7) is 2.79. The molecule has 1 aromatic carbocycles. The Morgan fingerprint density at radius 3 is 2.50 bits per heavy atom. The minimum Gasteiger partial charge on any atom is -0.351 e. The second-order valence-electron chi connectivity index (χ2n) is 4.97. The van der Waals surface area contributed by atoms with E-state index in [1.54, 1.807) is 0 Å². The standard InChI is InChI=1S/C14H23N3O/c1-11(10-17(2)3)16-14(18)13(15)9-12-7-5-4-6-8-12/h4-8,11,13H,9-10,15H2,1-3H3,(H,16,18)/t11?,13-/m1/s1. The molecule has 0 saturated heterocycles. The van der Waals surface area contributed by atoms with Crippen LogP contribution in [0.4, 0.5) is 0 Å². The van der Waals surface area contributed by atoms with Crippen LogP contribution in [-0.2, 0) is 11.2 Å². The molecule has 2 atom stereocenters. The highest BCUT2D eigenvalue weighted by molar-refractivity contribution is 5.82. The maximum absolute atomic E-state index is 11.9. The first-order valence-corrected chi connectivity index (χ1v) is 6.23. The highest BCUT2D eigenvalue weighted by Gasteiger charge is 2.16. The third kappa shape index (κ3) is 5.29. The van der Waals surface area contributed by atoms with E-state index in [0.717, 1.165) is 12.1 Å². The van der Waals surface area contributed by atoms with Crippen LogP contribution in [0.1, 0.15) is 12.5 Å². The monoisotopic (exact) mass is 249 g/mol. The second kappa shape index (κ2) is 7.13. The van der Waals surface area contributed by atoms with Gasteiger partial charge in [-0.3, -0.25) is 4.79 Å². The van der Waals surface area contributed by atoms with E-state index < -0.39 is 6.04 Å². The molecule has 0 fully saturated rings. The lowest BCUT2D eigenvalue weighted by Crippen LogP contribution is -2.48. The molecule has 1 aromatic rings. The molecule has 0 bridgehead atoms. The number of likely N-dealkylation sites (N-methyl/N-ethyl adjacent to an activating group) is 1. The summed E-state index contributed by atoms with van der Waals surface area (Å²) >= 11 is 0. The van der Waals surface area contributed by atoms with Crippen LogP contribution in [0.2, 0.25) is 0 Å². The molecule has 0 aliphatic carbocycles. The third-order valence-electron chi connectivity index (χ3n) is 2.66. The van der Waals surface area contributed by atoms with Gasteiger partial charge < -0.3 is 16.0 Å². The van der Waals surface area contributed by atoms with Crippen LogP contribution in [0.25, 0.3) is 0 Å². The molecule has 100 valence electrons. The van der Waals surface area contributed by atoms with Crippen molar-refractivity contribution in [3.8, 4) is 0 Å². The molecule has 3 N–H and O–H groups in total. The number of nitrogens with two attached hydrogens (primary N) is 1. The van der Waals surface area contributed by atoms with Gasteiger partial charge in [-0.1, -0.05) is 30.3 Å². The largest absolute Gasteiger partial charge is 0.351 e. The van der Waals surface area contributed by atoms with E-state index in [9.17, 15) is 4.79 Å². The Morgan fingerprint density at radius 2 is 1.94 bits per heavy atom. The molecule has 0 saturated carbocycles. The van der Waals surface area contributed by atoms with Crippen LogP contribution in [-0.4, -0.2) is 43.5 Å². The molecule has 0 aromatic heterocycles. The highest BCUT2D eigenvalue weighted by Crippen LogP contribution is 2.02. The molecular formula is C14H23N3O. The normalized spacial score (nSPS) is 14.3. The van der Waals surface area contributed by atoms with Gasteiger partial charge in [-0.15, -0.1) is 0 Å². The van der Waals surface area contributed by atoms with E-state index in [4.69, 9.17) is 5.73 Å². The quantitative estimate of drug-likeness (QED) is 0.777. The lowest BCUT2D eigenvalue weighted by molar-refractivity contribution is -0.123. The van der Waals surface area contributed by atoms with Crippen LogP contribution >= 0.6 is 0 Å². The van der Waals surface area contributed by atoms with Crippen molar-refractivity contribution in [2.45, 2.75) is 25.4 Å². The Kier molecular flexibility index (Phi) is 5.82. The molecule has 1 unspecified atom stereocenters. The van der Waals surface area contributed by atoms with E-state index in [1.807, 2.05) is 56.3 Å². The van der Waals surface area contributed by atoms with Gasteiger partial charge in [0, 0.05) is 12.6 Å². The zero-order valence-corrected chi connectivity index (χ0v) is 11.4. The summed E-state index contributed by atoms with van der Waals surface area (Å²) in [5, 5.41) is 2.93. The molecule has 4 nitrogen and oxygen atoms in total. The van der Waals surface area contributed by atoms with Crippen LogP contribution < -0.4 is 11.1 Å². The molecule has 0 aliphatic rings. The maximum Gasteiger partial charge on any atom is 0.237 e. The number of nitrogens with one attached hydrogen (secondary N) is 1. The fraction of sp³-hybridized carbons (Fsp3) is 0.500. The van der Waals surface area contributed by atoms with Gasteiger partial charge in [-0.05, 0) is 33.0 Å². The summed E-state index contributed by atoms with van der Waals surface area (Å²) < 4.78 is 0. The van der Waals surface area contributed by atoms with E-state index in [-0.39, 0.29) is 11.9 Å². The summed E-state index contributed by atoms with van der Waals surface area (Å²) in [6.07, 6.45) is 0.571. The number of nitrogens with zero attached hydrogens (tertiary/aromatic N) is 1. The number of hydrogen-bond donors (Lipinski definition) is 2. The fourth-order valence-corrected chi connectivity index (χ4v) is 1.90. The molecule has 0 radical (unpaired) electrons. The SMILES string of the molecule is CC(CN(C)C)NC(=O)[C@H](N)Cc1ccccc1. The molecule has 1 amide bonds. The Morgan fingerprint density at radius 1 is 1.33 bits per heavy atom. The van der Waals surface area contributed by atoms with Gasteiger partial charge in [-0.2, -0.15) is 0 Å². The lowest BCUT2D eigenvalue weighted by atomic mass is 10.1. The first-order valence-electron chi connectivity index (χ1n) is 6.23. The topological polar surface area (TPSA) is 58.4 Å². The molecule has 4 heteroatoms. The van der Waals surface area contributed by atoms with Gasteiger partial charge in [0.2, 0.25) is 5.91 Å². The summed E-state index contributed by atoms with van der Waals surface area (Å²) in [5.41, 5.74) is 6.99. The van der Waals surface area contributed by atoms with Crippen LogP contribution in [0.3, 0.4) is 0 Å². The summed E-state index contributed by atoms with van der Waals surface area (Å²) in [7, 11) is 3.96. The van der Waals surface area contributed by atoms with Gasteiger partial charge in [0.15, 0.2) is 0 Å². The first-order chi connectivity index (χ1) is 8.49. The van der Waals surface area contributed by atoms with E-state index in [0.29, 0.717) is 6.42 Å². The van der Waals surface area contributed by atoms with E-state index in [2.05, 4.69) is 5.32 Å². The molecule has 0 spiro atoms. The van der Waals surface area contributed by atoms with E-state index >= 15 is 0 Å². The van der Waals surface area contributed by atoms with Crippen molar-refractivity contribution < 1.29 is 4.79 Å². The van der Waals surface area contributed by atoms with Crippen molar-refractivity contribution in [1.82, 2.24) is 10.2 Å². The number of amides is 1. The average molecular weight is 249 g/mol. The third-order valence-corrected chi connectivity index (χ3v) is 2.66. The lowest BCUT2D eigenvalue weighted by Gasteiger charge is -2.20. The van der Waals surface area contributed by atoms with Crippen molar-refractivity contribution in [1.29, 1.82) is 0 Å². The Bertz CT molecular complexity index is 365. The molecule has 0 aliphatic heterocycles. The Labute approximate surface area is 109 Å². The predicted molar refractivity (Wildman–Crippen MR) is 74.3 cm³/mol. The number of rotatable bonds is 6. The average Bonchev–Trinajstić information content (AvgIpc) is 2.28. The fourth-order valence-electron chi connectivity index (χ4n) is 1.90.